The summed E-state index contributed by atoms with van der Waals surface area (Å²) >= 11 is 1.25. The van der Waals surface area contributed by atoms with E-state index in [1.54, 1.807) is 6.20 Å². The molecule has 1 aliphatic rings. The van der Waals surface area contributed by atoms with E-state index in [2.05, 4.69) is 29.5 Å². The fourth-order valence-electron chi connectivity index (χ4n) is 2.07. The van der Waals surface area contributed by atoms with Crippen LogP contribution >= 0.6 is 11.5 Å². The number of nitrogens with zero attached hydrogens (tertiary/aromatic N) is 5. The first-order chi connectivity index (χ1) is 9.31. The lowest BCUT2D eigenvalue weighted by molar-refractivity contribution is 0.154. The van der Waals surface area contributed by atoms with Gasteiger partial charge in [-0.15, -0.1) is 0 Å². The quantitative estimate of drug-likeness (QED) is 0.867. The Morgan fingerprint density at radius 1 is 1.42 bits per heavy atom. The molecular formula is C11H14N6OS. The van der Waals surface area contributed by atoms with Crippen LogP contribution in [0.4, 0.5) is 16.9 Å². The lowest BCUT2D eigenvalue weighted by Gasteiger charge is -2.30. The number of hydrogen-bond donors (Lipinski definition) is 2. The first kappa shape index (κ1) is 12.2. The molecule has 1 aliphatic heterocycles. The Morgan fingerprint density at radius 3 is 3.16 bits per heavy atom. The number of piperidine rings is 1. The van der Waals surface area contributed by atoms with Crippen molar-refractivity contribution in [3.63, 3.8) is 0 Å². The molecule has 2 aromatic rings. The number of hydrogen-bond acceptors (Lipinski definition) is 8. The van der Waals surface area contributed by atoms with E-state index in [1.165, 1.54) is 17.9 Å². The van der Waals surface area contributed by atoms with Crippen molar-refractivity contribution in [1.82, 2.24) is 19.3 Å². The number of aromatic nitrogens is 4. The summed E-state index contributed by atoms with van der Waals surface area (Å²) in [6, 6.07) is 1.85. The minimum Gasteiger partial charge on any atom is -0.391 e. The van der Waals surface area contributed by atoms with Crippen molar-refractivity contribution in [2.75, 3.05) is 23.3 Å². The van der Waals surface area contributed by atoms with Gasteiger partial charge in [-0.25, -0.2) is 9.97 Å². The van der Waals surface area contributed by atoms with Gasteiger partial charge in [0, 0.05) is 30.8 Å². The number of anilines is 3. The Balaban J connectivity index is 1.75. The van der Waals surface area contributed by atoms with Crippen LogP contribution in [0.15, 0.2) is 18.6 Å². The molecule has 0 radical (unpaired) electrons. The maximum atomic E-state index is 9.70. The van der Waals surface area contributed by atoms with Gasteiger partial charge >= 0.3 is 0 Å². The summed E-state index contributed by atoms with van der Waals surface area (Å²) in [5, 5.41) is 13.4. The van der Waals surface area contributed by atoms with Gasteiger partial charge in [0.2, 0.25) is 11.1 Å². The number of aliphatic hydroxyl groups is 1. The molecule has 0 amide bonds. The van der Waals surface area contributed by atoms with Gasteiger partial charge in [0.05, 0.1) is 6.10 Å². The molecular weight excluding hydrogens is 264 g/mol. The third kappa shape index (κ3) is 2.96. The molecule has 1 fully saturated rings. The van der Waals surface area contributed by atoms with E-state index in [0.717, 1.165) is 25.2 Å². The van der Waals surface area contributed by atoms with Crippen molar-refractivity contribution >= 4 is 28.4 Å². The van der Waals surface area contributed by atoms with E-state index < -0.39 is 0 Å². The Kier molecular flexibility index (Phi) is 3.51. The highest BCUT2D eigenvalue weighted by molar-refractivity contribution is 7.09. The van der Waals surface area contributed by atoms with Crippen LogP contribution in [0.2, 0.25) is 0 Å². The van der Waals surface area contributed by atoms with Gasteiger partial charge in [0.1, 0.15) is 12.1 Å². The van der Waals surface area contributed by atoms with Crippen molar-refractivity contribution in [3.8, 4) is 0 Å². The van der Waals surface area contributed by atoms with Gasteiger partial charge in [-0.3, -0.25) is 5.32 Å². The first-order valence-corrected chi connectivity index (χ1v) is 6.88. The van der Waals surface area contributed by atoms with Gasteiger partial charge in [-0.1, -0.05) is 0 Å². The Hall–Kier alpha value is -1.80. The predicted molar refractivity (Wildman–Crippen MR) is 72.7 cm³/mol. The molecule has 0 bridgehead atoms. The van der Waals surface area contributed by atoms with Crippen molar-refractivity contribution in [2.45, 2.75) is 18.9 Å². The zero-order valence-electron chi connectivity index (χ0n) is 10.2. The highest BCUT2D eigenvalue weighted by Crippen LogP contribution is 2.20. The maximum absolute atomic E-state index is 9.70. The number of nitrogens with one attached hydrogen (secondary N) is 1. The fourth-order valence-corrected chi connectivity index (χ4v) is 2.50. The molecule has 3 rings (SSSR count). The third-order valence-corrected chi connectivity index (χ3v) is 3.52. The molecule has 0 spiro atoms. The molecule has 1 unspecified atom stereocenters. The Bertz CT molecular complexity index is 534. The monoisotopic (exact) mass is 278 g/mol. The summed E-state index contributed by atoms with van der Waals surface area (Å²) in [5.41, 5.74) is 0. The summed E-state index contributed by atoms with van der Waals surface area (Å²) < 4.78 is 3.91. The van der Waals surface area contributed by atoms with Crippen LogP contribution in [-0.4, -0.2) is 43.6 Å². The number of aliphatic hydroxyl groups excluding tert-OH is 1. The fraction of sp³-hybridized carbons (Fsp3) is 0.455. The predicted octanol–water partition coefficient (Wildman–Crippen LogP) is 1.03. The van der Waals surface area contributed by atoms with E-state index in [1.807, 2.05) is 6.07 Å². The molecule has 2 aromatic heterocycles. The minimum atomic E-state index is -0.275. The average molecular weight is 278 g/mol. The van der Waals surface area contributed by atoms with Gasteiger partial charge in [0.25, 0.3) is 0 Å². The van der Waals surface area contributed by atoms with Crippen molar-refractivity contribution in [1.29, 1.82) is 0 Å². The molecule has 0 saturated carbocycles. The lowest BCUT2D eigenvalue weighted by atomic mass is 10.1. The molecule has 3 heterocycles. The summed E-state index contributed by atoms with van der Waals surface area (Å²) in [5.74, 6) is 1.31. The largest absolute Gasteiger partial charge is 0.391 e. The van der Waals surface area contributed by atoms with E-state index in [9.17, 15) is 5.11 Å². The summed E-state index contributed by atoms with van der Waals surface area (Å²) in [7, 11) is 0. The second-order valence-corrected chi connectivity index (χ2v) is 5.13. The van der Waals surface area contributed by atoms with Crippen LogP contribution < -0.4 is 10.2 Å². The highest BCUT2D eigenvalue weighted by atomic mass is 32.1. The summed E-state index contributed by atoms with van der Waals surface area (Å²) in [6.07, 6.45) is 4.75. The van der Waals surface area contributed by atoms with E-state index in [0.29, 0.717) is 17.6 Å². The zero-order chi connectivity index (χ0) is 13.1. The molecule has 100 valence electrons. The molecule has 2 N–H and O–H groups in total. The van der Waals surface area contributed by atoms with Crippen LogP contribution in [0.5, 0.6) is 0 Å². The normalized spacial score (nSPS) is 19.4. The molecule has 0 aliphatic carbocycles. The Labute approximate surface area is 114 Å². The van der Waals surface area contributed by atoms with Crippen LogP contribution in [0.25, 0.3) is 0 Å². The van der Waals surface area contributed by atoms with Crippen LogP contribution in [-0.2, 0) is 0 Å². The number of rotatable bonds is 3. The topological polar surface area (TPSA) is 87.1 Å². The number of β-amino-alcohol motifs (C(OH)–C–C–N with tert-alkyl or cyclic N) is 1. The van der Waals surface area contributed by atoms with E-state index in [-0.39, 0.29) is 6.10 Å². The van der Waals surface area contributed by atoms with Crippen LogP contribution in [0.3, 0.4) is 0 Å². The van der Waals surface area contributed by atoms with Crippen molar-refractivity contribution < 1.29 is 5.11 Å². The molecule has 8 heteroatoms. The molecule has 19 heavy (non-hydrogen) atoms. The second-order valence-electron chi connectivity index (χ2n) is 4.35. The summed E-state index contributed by atoms with van der Waals surface area (Å²) in [6.45, 7) is 1.53. The molecule has 0 aromatic carbocycles. The lowest BCUT2D eigenvalue weighted by Crippen LogP contribution is -2.38. The van der Waals surface area contributed by atoms with Gasteiger partial charge in [-0.05, 0) is 18.9 Å². The highest BCUT2D eigenvalue weighted by Gasteiger charge is 2.19. The molecule has 1 saturated heterocycles. The van der Waals surface area contributed by atoms with Crippen molar-refractivity contribution in [2.24, 2.45) is 0 Å². The van der Waals surface area contributed by atoms with Gasteiger partial charge in [-0.2, -0.15) is 9.36 Å². The van der Waals surface area contributed by atoms with Crippen LogP contribution in [0.1, 0.15) is 12.8 Å². The standard InChI is InChI=1S/C11H14N6OS/c18-8-2-1-5-17(6-8)9-3-4-12-10(15-9)16-11-13-7-14-19-11/h3-4,7-8,18H,1-2,5-6H2,(H,12,13,14,15,16). The summed E-state index contributed by atoms with van der Waals surface area (Å²) in [4.78, 5) is 14.7. The third-order valence-electron chi connectivity index (χ3n) is 2.94. The first-order valence-electron chi connectivity index (χ1n) is 6.11. The minimum absolute atomic E-state index is 0.275. The smallest absolute Gasteiger partial charge is 0.230 e. The van der Waals surface area contributed by atoms with Gasteiger partial charge < -0.3 is 10.0 Å². The Morgan fingerprint density at radius 2 is 2.37 bits per heavy atom. The zero-order valence-corrected chi connectivity index (χ0v) is 11.0. The van der Waals surface area contributed by atoms with Gasteiger partial charge in [0.15, 0.2) is 0 Å². The molecule has 1 atom stereocenters. The average Bonchev–Trinajstić information content (AvgIpc) is 2.92. The van der Waals surface area contributed by atoms with Crippen LogP contribution in [0, 0.1) is 0 Å². The van der Waals surface area contributed by atoms with Crippen molar-refractivity contribution in [3.05, 3.63) is 18.6 Å². The maximum Gasteiger partial charge on any atom is 0.230 e. The molecule has 7 nitrogen and oxygen atoms in total. The SMILES string of the molecule is OC1CCCN(c2ccnc(Nc3ncns3)n2)C1. The second kappa shape index (κ2) is 5.45. The van der Waals surface area contributed by atoms with E-state index in [4.69, 9.17) is 0 Å². The van der Waals surface area contributed by atoms with E-state index >= 15 is 0 Å².